The number of carbonyl (C=O) groups excluding carboxylic acids is 1. The van der Waals surface area contributed by atoms with Gasteiger partial charge >= 0.3 is 5.97 Å². The van der Waals surface area contributed by atoms with Gasteiger partial charge in [0.2, 0.25) is 10.0 Å². The molecule has 2 aromatic carbocycles. The molecule has 2 aromatic rings. The molecule has 0 spiro atoms. The molecule has 0 aliphatic carbocycles. The second-order valence-corrected chi connectivity index (χ2v) is 9.06. The van der Waals surface area contributed by atoms with E-state index < -0.39 is 21.4 Å². The lowest BCUT2D eigenvalue weighted by Crippen LogP contribution is -2.23. The highest BCUT2D eigenvalue weighted by Gasteiger charge is 2.15. The maximum absolute atomic E-state index is 14.0. The van der Waals surface area contributed by atoms with Crippen molar-refractivity contribution < 1.29 is 27.1 Å². The number of sulfonamides is 1. The summed E-state index contributed by atoms with van der Waals surface area (Å²) in [6, 6.07) is 9.66. The number of ether oxygens (including phenoxy) is 2. The molecule has 0 atom stereocenters. The van der Waals surface area contributed by atoms with Gasteiger partial charge in [0.25, 0.3) is 0 Å². The molecule has 30 heavy (non-hydrogen) atoms. The number of rotatable bonds is 6. The minimum atomic E-state index is -3.79. The lowest BCUT2D eigenvalue weighted by molar-refractivity contribution is -0.154. The van der Waals surface area contributed by atoms with E-state index in [1.165, 1.54) is 42.5 Å². The zero-order valence-corrected chi connectivity index (χ0v) is 17.9. The Labute approximate surface area is 176 Å². The molecule has 0 fully saturated rings. The Morgan fingerprint density at radius 1 is 1.10 bits per heavy atom. The monoisotopic (exact) mass is 433 g/mol. The molecule has 0 unspecified atom stereocenters. The summed E-state index contributed by atoms with van der Waals surface area (Å²) in [6.45, 7) is 5.41. The lowest BCUT2D eigenvalue weighted by atomic mass is 10.1. The molecule has 0 bridgehead atoms. The summed E-state index contributed by atoms with van der Waals surface area (Å²) in [6.07, 6.45) is 1.17. The molecule has 160 valence electrons. The third-order valence-corrected chi connectivity index (χ3v) is 4.58. The van der Waals surface area contributed by atoms with Crippen LogP contribution in [-0.2, 0) is 19.6 Å². The number of hydrogen-bond donors (Lipinski definition) is 1. The van der Waals surface area contributed by atoms with Crippen LogP contribution in [0.2, 0.25) is 0 Å². The normalized spacial score (nSPS) is 11.4. The molecule has 2 N–H and O–H groups in total. The van der Waals surface area contributed by atoms with E-state index in [2.05, 4.69) is 11.8 Å². The van der Waals surface area contributed by atoms with Gasteiger partial charge in [0, 0.05) is 12.8 Å². The van der Waals surface area contributed by atoms with Gasteiger partial charge in [-0.15, -0.1) is 0 Å². The molecule has 0 aliphatic heterocycles. The largest absolute Gasteiger partial charge is 0.460 e. The average molecular weight is 434 g/mol. The maximum Gasteiger partial charge on any atom is 0.306 e. The Bertz CT molecular complexity index is 1060. The van der Waals surface area contributed by atoms with E-state index in [-0.39, 0.29) is 22.8 Å². The lowest BCUT2D eigenvalue weighted by Gasteiger charge is -2.19. The van der Waals surface area contributed by atoms with Crippen molar-refractivity contribution in [2.24, 2.45) is 5.14 Å². The Hall–Kier alpha value is -2.89. The molecule has 6 nitrogen and oxygen atoms in total. The molecule has 0 saturated heterocycles. The van der Waals surface area contributed by atoms with Gasteiger partial charge in [0.1, 0.15) is 22.9 Å². The van der Waals surface area contributed by atoms with Crippen LogP contribution in [0.5, 0.6) is 11.5 Å². The number of hydrogen-bond acceptors (Lipinski definition) is 5. The number of nitrogens with two attached hydrogens (primary N) is 1. The number of esters is 1. The van der Waals surface area contributed by atoms with Crippen molar-refractivity contribution in [3.05, 3.63) is 53.8 Å². The van der Waals surface area contributed by atoms with Gasteiger partial charge in [0.05, 0.1) is 10.5 Å². The van der Waals surface area contributed by atoms with Crippen molar-refractivity contribution >= 4 is 16.0 Å². The fourth-order valence-corrected chi connectivity index (χ4v) is 2.88. The Morgan fingerprint density at radius 3 is 2.33 bits per heavy atom. The second-order valence-electron chi connectivity index (χ2n) is 7.50. The SMILES string of the molecule is CC(C)(C)OC(=O)CCCC#Cc1cc(Oc2ccc(S(N)(=O)=O)cc2)ccc1F. The predicted octanol–water partition coefficient (Wildman–Crippen LogP) is 4.13. The molecular formula is C22H24FNO5S. The second kappa shape index (κ2) is 9.74. The van der Waals surface area contributed by atoms with Gasteiger partial charge in [0.15, 0.2) is 0 Å². The van der Waals surface area contributed by atoms with Gasteiger partial charge in [-0.3, -0.25) is 4.79 Å². The molecule has 0 aliphatic rings. The van der Waals surface area contributed by atoms with Crippen LogP contribution in [0.1, 0.15) is 45.6 Å². The molecule has 0 saturated carbocycles. The van der Waals surface area contributed by atoms with Crippen molar-refractivity contribution in [3.8, 4) is 23.3 Å². The molecule has 0 aromatic heterocycles. The Kier molecular flexibility index (Phi) is 7.59. The number of carbonyl (C=O) groups is 1. The summed E-state index contributed by atoms with van der Waals surface area (Å²) in [4.78, 5) is 11.6. The number of benzene rings is 2. The van der Waals surface area contributed by atoms with E-state index in [9.17, 15) is 17.6 Å². The van der Waals surface area contributed by atoms with E-state index in [0.29, 0.717) is 24.3 Å². The Balaban J connectivity index is 1.97. The van der Waals surface area contributed by atoms with Crippen LogP contribution in [0, 0.1) is 17.7 Å². The first-order valence-corrected chi connectivity index (χ1v) is 10.8. The van der Waals surface area contributed by atoms with Crippen molar-refractivity contribution in [1.29, 1.82) is 0 Å². The van der Waals surface area contributed by atoms with Crippen LogP contribution in [0.25, 0.3) is 0 Å². The summed E-state index contributed by atoms with van der Waals surface area (Å²) >= 11 is 0. The first-order chi connectivity index (χ1) is 13.9. The zero-order valence-electron chi connectivity index (χ0n) is 17.1. The standard InChI is InChI=1S/C22H24FNO5S/c1-22(2,3)29-21(25)8-6-4-5-7-16-15-18(11-14-20(16)23)28-17-9-12-19(13-10-17)30(24,26)27/h9-15H,4,6,8H2,1-3H3,(H2,24,26,27). The van der Waals surface area contributed by atoms with E-state index in [0.717, 1.165) is 0 Å². The summed E-state index contributed by atoms with van der Waals surface area (Å²) in [5, 5.41) is 5.06. The van der Waals surface area contributed by atoms with Crippen LogP contribution < -0.4 is 9.88 Å². The van der Waals surface area contributed by atoms with E-state index in [1.807, 2.05) is 0 Å². The average Bonchev–Trinajstić information content (AvgIpc) is 2.62. The van der Waals surface area contributed by atoms with E-state index >= 15 is 0 Å². The highest BCUT2D eigenvalue weighted by molar-refractivity contribution is 7.89. The van der Waals surface area contributed by atoms with Crippen LogP contribution in [0.4, 0.5) is 4.39 Å². The summed E-state index contributed by atoms with van der Waals surface area (Å²) in [5.74, 6) is 5.50. The smallest absolute Gasteiger partial charge is 0.306 e. The number of unbranched alkanes of at least 4 members (excludes halogenated alkanes) is 1. The third-order valence-electron chi connectivity index (χ3n) is 3.65. The van der Waals surface area contributed by atoms with Crippen LogP contribution in [0.3, 0.4) is 0 Å². The topological polar surface area (TPSA) is 95.7 Å². The quantitative estimate of drug-likeness (QED) is 0.420. The number of primary sulfonamides is 1. The van der Waals surface area contributed by atoms with E-state index in [4.69, 9.17) is 14.6 Å². The van der Waals surface area contributed by atoms with E-state index in [1.54, 1.807) is 20.8 Å². The van der Waals surface area contributed by atoms with Crippen LogP contribution in [0.15, 0.2) is 47.4 Å². The summed E-state index contributed by atoms with van der Waals surface area (Å²) in [5.41, 5.74) is -0.364. The van der Waals surface area contributed by atoms with Gasteiger partial charge < -0.3 is 9.47 Å². The highest BCUT2D eigenvalue weighted by Crippen LogP contribution is 2.24. The highest BCUT2D eigenvalue weighted by atomic mass is 32.2. The van der Waals surface area contributed by atoms with Crippen molar-refractivity contribution in [3.63, 3.8) is 0 Å². The molecule has 0 heterocycles. The van der Waals surface area contributed by atoms with Crippen molar-refractivity contribution in [1.82, 2.24) is 0 Å². The van der Waals surface area contributed by atoms with Gasteiger partial charge in [-0.25, -0.2) is 17.9 Å². The summed E-state index contributed by atoms with van der Waals surface area (Å²) in [7, 11) is -3.79. The van der Waals surface area contributed by atoms with Gasteiger partial charge in [-0.1, -0.05) is 11.8 Å². The van der Waals surface area contributed by atoms with Crippen molar-refractivity contribution in [2.75, 3.05) is 0 Å². The van der Waals surface area contributed by atoms with Gasteiger partial charge in [-0.05, 0) is 69.7 Å². The first-order valence-electron chi connectivity index (χ1n) is 9.25. The molecular weight excluding hydrogens is 409 g/mol. The molecule has 2 rings (SSSR count). The molecule has 8 heteroatoms. The van der Waals surface area contributed by atoms with Crippen LogP contribution in [-0.4, -0.2) is 20.0 Å². The fraction of sp³-hybridized carbons (Fsp3) is 0.318. The van der Waals surface area contributed by atoms with Crippen molar-refractivity contribution in [2.45, 2.75) is 50.5 Å². The minimum Gasteiger partial charge on any atom is -0.460 e. The molecule has 0 radical (unpaired) electrons. The summed E-state index contributed by atoms with van der Waals surface area (Å²) < 4.78 is 47.4. The minimum absolute atomic E-state index is 0.0353. The third kappa shape index (κ3) is 7.85. The Morgan fingerprint density at radius 2 is 1.73 bits per heavy atom. The fourth-order valence-electron chi connectivity index (χ4n) is 2.37. The number of halogens is 1. The van der Waals surface area contributed by atoms with Gasteiger partial charge in [-0.2, -0.15) is 0 Å². The first kappa shape index (κ1) is 23.4. The zero-order chi connectivity index (χ0) is 22.4. The predicted molar refractivity (Wildman–Crippen MR) is 111 cm³/mol. The maximum atomic E-state index is 14.0. The van der Waals surface area contributed by atoms with Crippen LogP contribution >= 0.6 is 0 Å². The molecule has 0 amide bonds.